The van der Waals surface area contributed by atoms with Crippen LogP contribution in [0.15, 0.2) is 58.4 Å². The summed E-state index contributed by atoms with van der Waals surface area (Å²) < 4.78 is 5.30. The first kappa shape index (κ1) is 15.1. The van der Waals surface area contributed by atoms with Crippen molar-refractivity contribution >= 4 is 11.7 Å². The van der Waals surface area contributed by atoms with E-state index in [0.29, 0.717) is 5.76 Å². The topological polar surface area (TPSA) is 70.8 Å². The lowest BCUT2D eigenvalue weighted by Gasteiger charge is -2.25. The van der Waals surface area contributed by atoms with Crippen LogP contribution in [0, 0.1) is 6.92 Å². The van der Waals surface area contributed by atoms with Gasteiger partial charge in [0.2, 0.25) is 0 Å². The molecule has 5 heteroatoms. The van der Waals surface area contributed by atoms with Crippen LogP contribution in [-0.2, 0) is 16.1 Å². The van der Waals surface area contributed by atoms with Gasteiger partial charge in [-0.2, -0.15) is 0 Å². The van der Waals surface area contributed by atoms with E-state index in [1.165, 1.54) is 18.1 Å². The minimum absolute atomic E-state index is 0.130. The number of aliphatic hydroxyl groups excluding tert-OH is 1. The van der Waals surface area contributed by atoms with E-state index < -0.39 is 17.7 Å². The number of furan rings is 1. The summed E-state index contributed by atoms with van der Waals surface area (Å²) in [5.74, 6) is -0.761. The highest BCUT2D eigenvalue weighted by atomic mass is 16.3. The maximum atomic E-state index is 12.4. The van der Waals surface area contributed by atoms with Crippen molar-refractivity contribution in [3.05, 3.63) is 70.9 Å². The minimum atomic E-state index is -0.606. The molecule has 0 unspecified atom stereocenters. The number of aryl methyl sites for hydroxylation is 1. The number of hydrogen-bond acceptors (Lipinski definition) is 4. The zero-order valence-electron chi connectivity index (χ0n) is 12.9. The van der Waals surface area contributed by atoms with Crippen molar-refractivity contribution in [2.45, 2.75) is 26.4 Å². The van der Waals surface area contributed by atoms with Gasteiger partial charge in [-0.05, 0) is 31.5 Å². The van der Waals surface area contributed by atoms with Crippen LogP contribution in [0.25, 0.3) is 0 Å². The highest BCUT2D eigenvalue weighted by molar-refractivity contribution is 6.08. The van der Waals surface area contributed by atoms with E-state index in [1.807, 2.05) is 31.2 Å². The van der Waals surface area contributed by atoms with Gasteiger partial charge in [0.05, 0.1) is 24.4 Å². The second-order valence-electron chi connectivity index (χ2n) is 5.64. The largest absolute Gasteiger partial charge is 0.503 e. The van der Waals surface area contributed by atoms with Crippen molar-refractivity contribution in [1.29, 1.82) is 0 Å². The maximum Gasteiger partial charge on any atom is 0.290 e. The molecule has 1 N–H and O–H groups in total. The molecular weight excluding hydrogens is 294 g/mol. The fourth-order valence-corrected chi connectivity index (χ4v) is 2.84. The van der Waals surface area contributed by atoms with Crippen LogP contribution in [0.5, 0.6) is 0 Å². The second kappa shape index (κ2) is 5.76. The van der Waals surface area contributed by atoms with Crippen LogP contribution >= 0.6 is 0 Å². The van der Waals surface area contributed by atoms with Gasteiger partial charge in [0.1, 0.15) is 5.76 Å². The predicted molar refractivity (Wildman–Crippen MR) is 83.5 cm³/mol. The summed E-state index contributed by atoms with van der Waals surface area (Å²) in [6, 6.07) is 10.4. The summed E-state index contributed by atoms with van der Waals surface area (Å²) in [5.41, 5.74) is 1.99. The molecule has 0 bridgehead atoms. The first-order valence-electron chi connectivity index (χ1n) is 7.33. The minimum Gasteiger partial charge on any atom is -0.503 e. The van der Waals surface area contributed by atoms with E-state index in [9.17, 15) is 14.7 Å². The number of carbonyl (C=O) groups excluding carboxylic acids is 2. The Labute approximate surface area is 133 Å². The predicted octanol–water partition coefficient (Wildman–Crippen LogP) is 3.07. The number of aliphatic hydroxyl groups is 1. The number of hydrogen-bond donors (Lipinski definition) is 1. The van der Waals surface area contributed by atoms with E-state index >= 15 is 0 Å². The van der Waals surface area contributed by atoms with E-state index in [4.69, 9.17) is 4.42 Å². The van der Waals surface area contributed by atoms with Crippen LogP contribution in [0.1, 0.15) is 29.9 Å². The van der Waals surface area contributed by atoms with Crippen molar-refractivity contribution in [3.63, 3.8) is 0 Å². The molecule has 5 nitrogen and oxygen atoms in total. The highest BCUT2D eigenvalue weighted by Gasteiger charge is 2.42. The number of ketones is 1. The quantitative estimate of drug-likeness (QED) is 0.942. The number of benzene rings is 1. The fraction of sp³-hybridized carbons (Fsp3) is 0.222. The molecule has 3 rings (SSSR count). The van der Waals surface area contributed by atoms with Crippen LogP contribution in [0.4, 0.5) is 0 Å². The third-order valence-electron chi connectivity index (χ3n) is 3.98. The number of nitrogens with zero attached hydrogens (tertiary/aromatic N) is 1. The lowest BCUT2D eigenvalue weighted by molar-refractivity contribution is -0.130. The Morgan fingerprint density at radius 1 is 1.26 bits per heavy atom. The van der Waals surface area contributed by atoms with Gasteiger partial charge in [0, 0.05) is 0 Å². The summed E-state index contributed by atoms with van der Waals surface area (Å²) in [6.07, 6.45) is 1.52. The van der Waals surface area contributed by atoms with Gasteiger partial charge in [0.15, 0.2) is 11.5 Å². The molecule has 0 radical (unpaired) electrons. The second-order valence-corrected chi connectivity index (χ2v) is 5.64. The van der Waals surface area contributed by atoms with E-state index in [2.05, 4.69) is 0 Å². The number of rotatable bonds is 4. The monoisotopic (exact) mass is 311 g/mol. The summed E-state index contributed by atoms with van der Waals surface area (Å²) in [6.45, 7) is 3.50. The molecule has 0 fully saturated rings. The standard InChI is InChI=1S/C18H17NO4/c1-11-5-7-13(8-6-11)16-15(12(2)20)17(21)18(22)19(16)10-14-4-3-9-23-14/h3-9,16,21H,10H2,1-2H3/t16-/m1/s1. The van der Waals surface area contributed by atoms with Gasteiger partial charge in [0.25, 0.3) is 5.91 Å². The lowest BCUT2D eigenvalue weighted by atomic mass is 9.96. The molecule has 0 spiro atoms. The smallest absolute Gasteiger partial charge is 0.290 e. The Bertz CT molecular complexity index is 772. The maximum absolute atomic E-state index is 12.4. The molecule has 1 atom stereocenters. The molecular formula is C18H17NO4. The third kappa shape index (κ3) is 2.65. The van der Waals surface area contributed by atoms with Crippen molar-refractivity contribution < 1.29 is 19.1 Å². The normalized spacial score (nSPS) is 17.9. The summed E-state index contributed by atoms with van der Waals surface area (Å²) >= 11 is 0. The van der Waals surface area contributed by atoms with Gasteiger partial charge in [-0.25, -0.2) is 0 Å². The van der Waals surface area contributed by atoms with Crippen LogP contribution in [-0.4, -0.2) is 21.7 Å². The van der Waals surface area contributed by atoms with Crippen LogP contribution in [0.3, 0.4) is 0 Å². The fourth-order valence-electron chi connectivity index (χ4n) is 2.84. The Hall–Kier alpha value is -2.82. The molecule has 23 heavy (non-hydrogen) atoms. The summed E-state index contributed by atoms with van der Waals surface area (Å²) in [5, 5.41) is 10.2. The molecule has 1 aromatic heterocycles. The molecule has 2 heterocycles. The number of Topliss-reactive ketones (excluding diaryl/α,β-unsaturated/α-hetero) is 1. The zero-order chi connectivity index (χ0) is 16.6. The number of carbonyl (C=O) groups is 2. The SMILES string of the molecule is CC(=O)C1=C(O)C(=O)N(Cc2ccco2)[C@@H]1c1ccc(C)cc1. The van der Waals surface area contributed by atoms with Gasteiger partial charge >= 0.3 is 0 Å². The molecule has 1 aliphatic rings. The van der Waals surface area contributed by atoms with Crippen LogP contribution < -0.4 is 0 Å². The first-order valence-corrected chi connectivity index (χ1v) is 7.33. The van der Waals surface area contributed by atoms with E-state index in [-0.39, 0.29) is 17.9 Å². The molecule has 118 valence electrons. The van der Waals surface area contributed by atoms with Crippen molar-refractivity contribution in [3.8, 4) is 0 Å². The summed E-state index contributed by atoms with van der Waals surface area (Å²) in [4.78, 5) is 25.9. The molecule has 0 aliphatic carbocycles. The number of amides is 1. The van der Waals surface area contributed by atoms with Gasteiger partial charge in [-0.3, -0.25) is 9.59 Å². The Morgan fingerprint density at radius 2 is 1.96 bits per heavy atom. The van der Waals surface area contributed by atoms with E-state index in [0.717, 1.165) is 11.1 Å². The van der Waals surface area contributed by atoms with Crippen molar-refractivity contribution in [1.82, 2.24) is 4.90 Å². The molecule has 2 aromatic rings. The Kier molecular flexibility index (Phi) is 3.78. The Balaban J connectivity index is 2.05. The van der Waals surface area contributed by atoms with Crippen molar-refractivity contribution in [2.24, 2.45) is 0 Å². The van der Waals surface area contributed by atoms with Gasteiger partial charge in [-0.1, -0.05) is 29.8 Å². The third-order valence-corrected chi connectivity index (χ3v) is 3.98. The molecule has 0 saturated carbocycles. The first-order chi connectivity index (χ1) is 11.0. The van der Waals surface area contributed by atoms with Crippen molar-refractivity contribution in [2.75, 3.05) is 0 Å². The lowest BCUT2D eigenvalue weighted by Crippen LogP contribution is -2.30. The van der Waals surface area contributed by atoms with Crippen LogP contribution in [0.2, 0.25) is 0 Å². The average Bonchev–Trinajstić information content (AvgIpc) is 3.10. The van der Waals surface area contributed by atoms with Gasteiger partial charge in [-0.15, -0.1) is 0 Å². The average molecular weight is 311 g/mol. The molecule has 0 saturated heterocycles. The van der Waals surface area contributed by atoms with E-state index in [1.54, 1.807) is 12.1 Å². The molecule has 1 aromatic carbocycles. The highest BCUT2D eigenvalue weighted by Crippen LogP contribution is 2.38. The van der Waals surface area contributed by atoms with Gasteiger partial charge < -0.3 is 14.4 Å². The molecule has 1 amide bonds. The Morgan fingerprint density at radius 3 is 2.52 bits per heavy atom. The summed E-state index contributed by atoms with van der Waals surface area (Å²) in [7, 11) is 0. The zero-order valence-corrected chi connectivity index (χ0v) is 12.9. The molecule has 1 aliphatic heterocycles.